The zero-order valence-electron chi connectivity index (χ0n) is 33.8. The van der Waals surface area contributed by atoms with E-state index in [1.807, 2.05) is 6.07 Å². The minimum Gasteiger partial charge on any atom is -0.321 e. The summed E-state index contributed by atoms with van der Waals surface area (Å²) in [6.45, 7) is 15.9. The summed E-state index contributed by atoms with van der Waals surface area (Å²) in [5.41, 5.74) is 19.4. The van der Waals surface area contributed by atoms with E-state index >= 15 is 0 Å². The van der Waals surface area contributed by atoms with E-state index in [0.29, 0.717) is 0 Å². The van der Waals surface area contributed by atoms with E-state index in [1.54, 1.807) is 0 Å². The largest absolute Gasteiger partial charge is 0.321 e. The summed E-state index contributed by atoms with van der Waals surface area (Å²) in [5, 5.41) is 3.49. The summed E-state index contributed by atoms with van der Waals surface area (Å²) < 4.78 is 4.79. The fourth-order valence-electron chi connectivity index (χ4n) is 9.41. The van der Waals surface area contributed by atoms with E-state index < -0.39 is 0 Å². The Bertz CT molecular complexity index is 3310. The van der Waals surface area contributed by atoms with Crippen LogP contribution >= 0.6 is 0 Å². The van der Waals surface area contributed by atoms with Crippen LogP contribution in [0.2, 0.25) is 0 Å². The standard InChI is InChI=1S/C53H43N4.Ir/c1-31-25-44-47(26-32(31)2)57-50(54-44)39-20-14-19-38(48(39)55-51(57)52(3,4)5)36-22-24-46-42(29-36)53(6,7)43-30-37(34-17-12-9-13-18-34)28-41-40-27-35(33-15-10-8-11-16-33)21-23-45(40)56(46)49(41)43;/h8-19,21-30H,1-7H3;/q-1;. The molecular weight excluding hydrogens is 885 g/mol. The Morgan fingerprint density at radius 2 is 1.26 bits per heavy atom. The number of imidazole rings is 1. The molecule has 0 fully saturated rings. The average molecular weight is 928 g/mol. The van der Waals surface area contributed by atoms with E-state index in [9.17, 15) is 0 Å². The van der Waals surface area contributed by atoms with Crippen molar-refractivity contribution in [1.29, 1.82) is 0 Å². The first kappa shape index (κ1) is 36.5. The first-order valence-electron chi connectivity index (χ1n) is 20.0. The SMILES string of the molecule is Cc1cc2nc3c4[c-]ccc(-c5ccc6c(c5)C(C)(C)c5cc(-c7ccccc7)cc7c8cc(-c9ccccc9)ccc8n-6c57)c4nc(C(C)(C)C)n3c2cc1C.[Ir]. The van der Waals surface area contributed by atoms with E-state index in [0.717, 1.165) is 44.5 Å². The quantitative estimate of drug-likeness (QED) is 0.166. The Hall–Kier alpha value is -5.87. The number of rotatable bonds is 3. The Balaban J connectivity index is 0.00000408. The molecule has 1 radical (unpaired) electrons. The number of hydrogen-bond donors (Lipinski definition) is 0. The maximum Gasteiger partial charge on any atom is 0.102 e. The van der Waals surface area contributed by atoms with Gasteiger partial charge in [-0.2, -0.15) is 0 Å². The maximum absolute atomic E-state index is 5.54. The molecule has 0 amide bonds. The van der Waals surface area contributed by atoms with Gasteiger partial charge in [0.2, 0.25) is 0 Å². The summed E-state index contributed by atoms with van der Waals surface area (Å²) in [4.78, 5) is 10.8. The monoisotopic (exact) mass is 928 g/mol. The molecule has 1 aliphatic rings. The molecule has 0 bridgehead atoms. The zero-order valence-corrected chi connectivity index (χ0v) is 36.2. The minimum absolute atomic E-state index is 0. The van der Waals surface area contributed by atoms with Gasteiger partial charge in [0, 0.05) is 41.7 Å². The molecule has 0 saturated heterocycles. The molecule has 0 unspecified atom stereocenters. The van der Waals surface area contributed by atoms with Crippen molar-refractivity contribution >= 4 is 49.4 Å². The molecule has 0 aliphatic carbocycles. The summed E-state index contributed by atoms with van der Waals surface area (Å²) in [7, 11) is 0. The number of benzene rings is 7. The average Bonchev–Trinajstić information content (AvgIpc) is 3.75. The fraction of sp³-hybridized carbons (Fsp3) is 0.170. The number of hydrogen-bond acceptors (Lipinski definition) is 2. The third kappa shape index (κ3) is 5.23. The Morgan fingerprint density at radius 3 is 1.98 bits per heavy atom. The van der Waals surface area contributed by atoms with E-state index in [1.165, 1.54) is 72.0 Å². The van der Waals surface area contributed by atoms with Crippen molar-refractivity contribution in [3.8, 4) is 39.1 Å². The second-order valence-electron chi connectivity index (χ2n) is 17.6. The molecule has 10 aromatic rings. The fourth-order valence-corrected chi connectivity index (χ4v) is 9.41. The Labute approximate surface area is 352 Å². The molecule has 3 aromatic heterocycles. The molecule has 4 heterocycles. The van der Waals surface area contributed by atoms with Crippen LogP contribution < -0.4 is 0 Å². The summed E-state index contributed by atoms with van der Waals surface area (Å²) >= 11 is 0. The van der Waals surface area contributed by atoms with Crippen molar-refractivity contribution in [1.82, 2.24) is 18.9 Å². The van der Waals surface area contributed by atoms with Crippen LogP contribution in [0.3, 0.4) is 0 Å². The van der Waals surface area contributed by atoms with Gasteiger partial charge in [-0.15, -0.1) is 18.2 Å². The first-order valence-corrected chi connectivity index (χ1v) is 20.0. The summed E-state index contributed by atoms with van der Waals surface area (Å²) in [6, 6.07) is 52.7. The minimum atomic E-state index is -0.300. The maximum atomic E-state index is 5.54. The Morgan fingerprint density at radius 1 is 0.603 bits per heavy atom. The molecule has 1 aliphatic heterocycles. The normalized spacial score (nSPS) is 13.4. The van der Waals surface area contributed by atoms with Crippen molar-refractivity contribution in [2.45, 2.75) is 59.3 Å². The number of nitrogens with zero attached hydrogens (tertiary/aromatic N) is 4. The Kier molecular flexibility index (Phi) is 8.06. The van der Waals surface area contributed by atoms with Crippen LogP contribution in [-0.2, 0) is 30.9 Å². The van der Waals surface area contributed by atoms with Gasteiger partial charge in [0.25, 0.3) is 0 Å². The number of fused-ring (bicyclic) bond motifs is 10. The second kappa shape index (κ2) is 12.8. The van der Waals surface area contributed by atoms with E-state index in [4.69, 9.17) is 9.97 Å². The molecule has 0 saturated carbocycles. The molecule has 285 valence electrons. The molecule has 5 heteroatoms. The van der Waals surface area contributed by atoms with E-state index in [2.05, 4.69) is 191 Å². The summed E-state index contributed by atoms with van der Waals surface area (Å²) in [6.07, 6.45) is 0. The molecular formula is C53H43IrN4-. The predicted molar refractivity (Wildman–Crippen MR) is 238 cm³/mol. The van der Waals surface area contributed by atoms with Crippen LogP contribution in [0.4, 0.5) is 0 Å². The van der Waals surface area contributed by atoms with Gasteiger partial charge in [-0.3, -0.25) is 9.97 Å². The van der Waals surface area contributed by atoms with Gasteiger partial charge in [-0.1, -0.05) is 118 Å². The van der Waals surface area contributed by atoms with Crippen LogP contribution in [0.15, 0.2) is 133 Å². The van der Waals surface area contributed by atoms with Gasteiger partial charge in [0.1, 0.15) is 5.82 Å². The van der Waals surface area contributed by atoms with Crippen LogP contribution in [0.25, 0.3) is 88.5 Å². The number of aromatic nitrogens is 4. The van der Waals surface area contributed by atoms with Gasteiger partial charge in [0.05, 0.1) is 33.4 Å². The molecule has 7 aromatic carbocycles. The van der Waals surface area contributed by atoms with Crippen molar-refractivity contribution in [2.24, 2.45) is 0 Å². The van der Waals surface area contributed by atoms with Crippen molar-refractivity contribution in [3.05, 3.63) is 168 Å². The molecule has 0 atom stereocenters. The molecule has 58 heavy (non-hydrogen) atoms. The number of aryl methyl sites for hydroxylation is 2. The third-order valence-electron chi connectivity index (χ3n) is 12.5. The van der Waals surface area contributed by atoms with Gasteiger partial charge < -0.3 is 8.97 Å². The zero-order chi connectivity index (χ0) is 39.0. The van der Waals surface area contributed by atoms with E-state index in [-0.39, 0.29) is 30.9 Å². The van der Waals surface area contributed by atoms with Crippen LogP contribution in [0, 0.1) is 19.9 Å². The van der Waals surface area contributed by atoms with Gasteiger partial charge in [-0.25, -0.2) is 0 Å². The summed E-state index contributed by atoms with van der Waals surface area (Å²) in [5.74, 6) is 0.994. The van der Waals surface area contributed by atoms with Crippen molar-refractivity contribution < 1.29 is 20.1 Å². The molecule has 0 spiro atoms. The van der Waals surface area contributed by atoms with Crippen LogP contribution in [-0.4, -0.2) is 18.9 Å². The van der Waals surface area contributed by atoms with Crippen LogP contribution in [0.5, 0.6) is 0 Å². The van der Waals surface area contributed by atoms with Crippen molar-refractivity contribution in [2.75, 3.05) is 0 Å². The topological polar surface area (TPSA) is 35.1 Å². The molecule has 0 N–H and O–H groups in total. The first-order chi connectivity index (χ1) is 27.5. The van der Waals surface area contributed by atoms with Gasteiger partial charge in [0.15, 0.2) is 0 Å². The van der Waals surface area contributed by atoms with Gasteiger partial charge in [-0.05, 0) is 118 Å². The second-order valence-corrected chi connectivity index (χ2v) is 17.6. The predicted octanol–water partition coefficient (Wildman–Crippen LogP) is 13.5. The molecule has 4 nitrogen and oxygen atoms in total. The van der Waals surface area contributed by atoms with Gasteiger partial charge >= 0.3 is 0 Å². The molecule has 11 rings (SSSR count). The van der Waals surface area contributed by atoms with Crippen LogP contribution in [0.1, 0.15) is 62.7 Å². The third-order valence-corrected chi connectivity index (χ3v) is 12.5. The van der Waals surface area contributed by atoms with Crippen molar-refractivity contribution in [3.63, 3.8) is 0 Å². The smallest absolute Gasteiger partial charge is 0.102 e.